The predicted octanol–water partition coefficient (Wildman–Crippen LogP) is 2.22. The Labute approximate surface area is 106 Å². The molecule has 7 heteroatoms. The van der Waals surface area contributed by atoms with Crippen molar-refractivity contribution in [1.29, 1.82) is 0 Å². The SMILES string of the molecule is OC1(Cc2ccc(C(F)(F)C(F)(F)F)cc2)CNC1. The van der Waals surface area contributed by atoms with E-state index < -0.39 is 23.3 Å². The Kier molecular flexibility index (Phi) is 3.30. The van der Waals surface area contributed by atoms with Crippen LogP contribution in [0.3, 0.4) is 0 Å². The van der Waals surface area contributed by atoms with Crippen LogP contribution in [0.4, 0.5) is 22.0 Å². The maximum Gasteiger partial charge on any atom is 0.458 e. The molecular formula is C12H12F5NO. The van der Waals surface area contributed by atoms with Crippen LogP contribution in [0.15, 0.2) is 24.3 Å². The third kappa shape index (κ3) is 2.71. The zero-order chi connectivity index (χ0) is 14.3. The molecule has 1 heterocycles. The average molecular weight is 281 g/mol. The van der Waals surface area contributed by atoms with Crippen LogP contribution < -0.4 is 5.32 Å². The lowest BCUT2D eigenvalue weighted by Crippen LogP contribution is -2.60. The normalized spacial score (nSPS) is 19.1. The van der Waals surface area contributed by atoms with E-state index in [9.17, 15) is 27.1 Å². The van der Waals surface area contributed by atoms with Crippen molar-refractivity contribution >= 4 is 0 Å². The van der Waals surface area contributed by atoms with E-state index in [1.165, 1.54) is 12.1 Å². The summed E-state index contributed by atoms with van der Waals surface area (Å²) in [5.41, 5.74) is -1.51. The quantitative estimate of drug-likeness (QED) is 0.833. The summed E-state index contributed by atoms with van der Waals surface area (Å²) in [6, 6.07) is 3.87. The molecule has 1 saturated heterocycles. The minimum absolute atomic E-state index is 0.220. The molecule has 106 valence electrons. The van der Waals surface area contributed by atoms with Crippen molar-refractivity contribution in [3.05, 3.63) is 35.4 Å². The molecule has 2 rings (SSSR count). The number of benzene rings is 1. The molecule has 1 aromatic carbocycles. The second-order valence-electron chi connectivity index (χ2n) is 4.77. The van der Waals surface area contributed by atoms with Gasteiger partial charge in [-0.15, -0.1) is 0 Å². The molecule has 1 aliphatic rings. The highest BCUT2D eigenvalue weighted by Crippen LogP contribution is 2.43. The second-order valence-corrected chi connectivity index (χ2v) is 4.77. The second kappa shape index (κ2) is 4.42. The van der Waals surface area contributed by atoms with Gasteiger partial charge in [-0.1, -0.05) is 24.3 Å². The standard InChI is InChI=1S/C12H12F5NO/c13-11(14,12(15,16)17)9-3-1-8(2-4-9)5-10(19)6-18-7-10/h1-4,18-19H,5-7H2. The average Bonchev–Trinajstić information content (AvgIpc) is 2.26. The summed E-state index contributed by atoms with van der Waals surface area (Å²) >= 11 is 0. The van der Waals surface area contributed by atoms with Gasteiger partial charge in [0, 0.05) is 25.1 Å². The number of nitrogens with one attached hydrogen (secondary N) is 1. The predicted molar refractivity (Wildman–Crippen MR) is 57.9 cm³/mol. The van der Waals surface area contributed by atoms with Crippen molar-refractivity contribution in [3.63, 3.8) is 0 Å². The molecule has 0 radical (unpaired) electrons. The maximum absolute atomic E-state index is 13.0. The lowest BCUT2D eigenvalue weighted by Gasteiger charge is -2.37. The lowest BCUT2D eigenvalue weighted by molar-refractivity contribution is -0.289. The van der Waals surface area contributed by atoms with E-state index in [-0.39, 0.29) is 6.42 Å². The van der Waals surface area contributed by atoms with Crippen LogP contribution >= 0.6 is 0 Å². The Bertz CT molecular complexity index is 450. The molecule has 2 nitrogen and oxygen atoms in total. The maximum atomic E-state index is 13.0. The molecule has 0 aliphatic carbocycles. The molecule has 1 aliphatic heterocycles. The third-order valence-corrected chi connectivity index (χ3v) is 3.11. The fraction of sp³-hybridized carbons (Fsp3) is 0.500. The van der Waals surface area contributed by atoms with Crippen molar-refractivity contribution in [3.8, 4) is 0 Å². The highest BCUT2D eigenvalue weighted by atomic mass is 19.4. The first-order valence-corrected chi connectivity index (χ1v) is 5.61. The number of alkyl halides is 5. The summed E-state index contributed by atoms with van der Waals surface area (Å²) in [4.78, 5) is 0. The molecule has 0 amide bonds. The molecular weight excluding hydrogens is 269 g/mol. The monoisotopic (exact) mass is 281 g/mol. The van der Waals surface area contributed by atoms with E-state index in [0.717, 1.165) is 12.1 Å². The van der Waals surface area contributed by atoms with Gasteiger partial charge in [-0.05, 0) is 5.56 Å². The van der Waals surface area contributed by atoms with Gasteiger partial charge in [0.1, 0.15) is 0 Å². The van der Waals surface area contributed by atoms with Crippen molar-refractivity contribution in [2.24, 2.45) is 0 Å². The van der Waals surface area contributed by atoms with E-state index in [2.05, 4.69) is 5.32 Å². The van der Waals surface area contributed by atoms with Gasteiger partial charge >= 0.3 is 12.1 Å². The molecule has 1 fully saturated rings. The number of rotatable bonds is 3. The van der Waals surface area contributed by atoms with Gasteiger partial charge in [-0.3, -0.25) is 0 Å². The fourth-order valence-corrected chi connectivity index (χ4v) is 1.91. The van der Waals surface area contributed by atoms with Crippen LogP contribution in [-0.2, 0) is 12.3 Å². The summed E-state index contributed by atoms with van der Waals surface area (Å²) in [7, 11) is 0. The Morgan fingerprint density at radius 1 is 1.05 bits per heavy atom. The Morgan fingerprint density at radius 3 is 1.95 bits per heavy atom. The van der Waals surface area contributed by atoms with Crippen LogP contribution in [0.5, 0.6) is 0 Å². The van der Waals surface area contributed by atoms with Crippen LogP contribution in [0.1, 0.15) is 11.1 Å². The van der Waals surface area contributed by atoms with Crippen molar-refractivity contribution in [2.45, 2.75) is 24.1 Å². The van der Waals surface area contributed by atoms with Crippen molar-refractivity contribution in [2.75, 3.05) is 13.1 Å². The number of halogens is 5. The number of hydrogen-bond acceptors (Lipinski definition) is 2. The number of aliphatic hydroxyl groups is 1. The Balaban J connectivity index is 2.14. The van der Waals surface area contributed by atoms with Gasteiger partial charge in [0.15, 0.2) is 0 Å². The molecule has 0 aromatic heterocycles. The summed E-state index contributed by atoms with van der Waals surface area (Å²) in [6.07, 6.45) is -5.39. The first kappa shape index (κ1) is 14.2. The van der Waals surface area contributed by atoms with Gasteiger partial charge in [-0.25, -0.2) is 0 Å². The first-order valence-electron chi connectivity index (χ1n) is 5.61. The molecule has 0 atom stereocenters. The summed E-state index contributed by atoms with van der Waals surface area (Å²) in [5, 5.41) is 12.7. The van der Waals surface area contributed by atoms with Crippen LogP contribution in [0, 0.1) is 0 Å². The molecule has 0 saturated carbocycles. The number of β-amino-alcohol motifs (C(OH)–C–C–N with tert-alkyl or cyclic N) is 1. The molecule has 0 unspecified atom stereocenters. The van der Waals surface area contributed by atoms with Gasteiger partial charge in [0.2, 0.25) is 0 Å². The Hall–Kier alpha value is -1.21. The van der Waals surface area contributed by atoms with Crippen LogP contribution in [-0.4, -0.2) is 30.0 Å². The van der Waals surface area contributed by atoms with E-state index in [1.807, 2.05) is 0 Å². The Morgan fingerprint density at radius 2 is 1.58 bits per heavy atom. The highest BCUT2D eigenvalue weighted by molar-refractivity contribution is 5.28. The van der Waals surface area contributed by atoms with Crippen molar-refractivity contribution in [1.82, 2.24) is 5.32 Å². The molecule has 0 bridgehead atoms. The van der Waals surface area contributed by atoms with Crippen LogP contribution in [0.25, 0.3) is 0 Å². The highest BCUT2D eigenvalue weighted by Gasteiger charge is 2.58. The summed E-state index contributed by atoms with van der Waals surface area (Å²) < 4.78 is 62.5. The molecule has 19 heavy (non-hydrogen) atoms. The van der Waals surface area contributed by atoms with E-state index in [4.69, 9.17) is 0 Å². The van der Waals surface area contributed by atoms with Gasteiger partial charge in [0.25, 0.3) is 0 Å². The van der Waals surface area contributed by atoms with Crippen molar-refractivity contribution < 1.29 is 27.1 Å². The van der Waals surface area contributed by atoms with Gasteiger partial charge in [-0.2, -0.15) is 22.0 Å². The summed E-state index contributed by atoms with van der Waals surface area (Å²) in [5.74, 6) is -4.86. The summed E-state index contributed by atoms with van der Waals surface area (Å²) in [6.45, 7) is 0.765. The lowest BCUT2D eigenvalue weighted by atomic mass is 9.89. The van der Waals surface area contributed by atoms with Gasteiger partial charge in [0.05, 0.1) is 5.60 Å². The minimum atomic E-state index is -5.61. The molecule has 1 aromatic rings. The van der Waals surface area contributed by atoms with Gasteiger partial charge < -0.3 is 10.4 Å². The molecule has 2 N–H and O–H groups in total. The third-order valence-electron chi connectivity index (χ3n) is 3.11. The first-order chi connectivity index (χ1) is 8.64. The minimum Gasteiger partial charge on any atom is -0.387 e. The zero-order valence-electron chi connectivity index (χ0n) is 9.77. The molecule has 0 spiro atoms. The van der Waals surface area contributed by atoms with Crippen LogP contribution in [0.2, 0.25) is 0 Å². The van der Waals surface area contributed by atoms with E-state index in [1.54, 1.807) is 0 Å². The fourth-order valence-electron chi connectivity index (χ4n) is 1.91. The zero-order valence-corrected chi connectivity index (χ0v) is 9.77. The van der Waals surface area contributed by atoms with E-state index in [0.29, 0.717) is 18.7 Å². The number of hydrogen-bond donors (Lipinski definition) is 2. The largest absolute Gasteiger partial charge is 0.458 e. The topological polar surface area (TPSA) is 32.3 Å². The van der Waals surface area contributed by atoms with E-state index >= 15 is 0 Å². The smallest absolute Gasteiger partial charge is 0.387 e.